The van der Waals surface area contributed by atoms with Gasteiger partial charge in [-0.05, 0) is 43.4 Å². The van der Waals surface area contributed by atoms with E-state index in [0.717, 1.165) is 23.5 Å². The van der Waals surface area contributed by atoms with Gasteiger partial charge in [0.05, 0.1) is 5.41 Å². The molecule has 3 atom stereocenters. The van der Waals surface area contributed by atoms with Gasteiger partial charge in [0.25, 0.3) is 0 Å². The van der Waals surface area contributed by atoms with Crippen molar-refractivity contribution >= 4 is 11.9 Å². The van der Waals surface area contributed by atoms with Crippen LogP contribution in [0, 0.1) is 11.3 Å². The van der Waals surface area contributed by atoms with Crippen LogP contribution in [0.2, 0.25) is 0 Å². The molecule has 1 aliphatic carbocycles. The highest BCUT2D eigenvalue weighted by Gasteiger charge is 2.50. The molecule has 0 radical (unpaired) electrons. The molecular weight excluding hydrogens is 310 g/mol. The maximum absolute atomic E-state index is 12.7. The number of nitrogens with zero attached hydrogens (tertiary/aromatic N) is 1. The molecule has 0 unspecified atom stereocenters. The molecule has 2 heterocycles. The van der Waals surface area contributed by atoms with Gasteiger partial charge >= 0.3 is 5.97 Å². The second kappa shape index (κ2) is 5.40. The van der Waals surface area contributed by atoms with Crippen molar-refractivity contribution in [2.45, 2.75) is 25.7 Å². The monoisotopic (exact) mass is 331 g/mol. The smallest absolute Gasteiger partial charge is 0.311 e. The summed E-state index contributed by atoms with van der Waals surface area (Å²) in [5, 5.41) is 9.31. The number of amides is 1. The Bertz CT molecular complexity index is 703. The van der Waals surface area contributed by atoms with Crippen LogP contribution in [0.15, 0.2) is 18.2 Å². The van der Waals surface area contributed by atoms with Crippen LogP contribution in [-0.2, 0) is 9.59 Å². The molecule has 128 valence electrons. The molecule has 24 heavy (non-hydrogen) atoms. The molecule has 2 aliphatic heterocycles. The Morgan fingerprint density at radius 1 is 1.25 bits per heavy atom. The maximum Gasteiger partial charge on any atom is 0.311 e. The fraction of sp³-hybridized carbons (Fsp3) is 0.556. The van der Waals surface area contributed by atoms with Crippen molar-refractivity contribution in [3.8, 4) is 11.5 Å². The Labute approximate surface area is 140 Å². The lowest BCUT2D eigenvalue weighted by Crippen LogP contribution is -2.35. The lowest BCUT2D eigenvalue weighted by molar-refractivity contribution is -0.147. The highest BCUT2D eigenvalue weighted by Crippen LogP contribution is 2.51. The minimum atomic E-state index is -0.822. The lowest BCUT2D eigenvalue weighted by atomic mass is 9.90. The summed E-state index contributed by atoms with van der Waals surface area (Å²) >= 11 is 0. The van der Waals surface area contributed by atoms with Gasteiger partial charge in [-0.15, -0.1) is 0 Å². The zero-order chi connectivity index (χ0) is 16.9. The SMILES string of the molecule is C[C@]1(C(=O)O)CCN(C(=O)[C@H]2C[C@@H]2c2ccc3c(c2)OCCO3)C1. The van der Waals surface area contributed by atoms with Gasteiger partial charge in [0.15, 0.2) is 11.5 Å². The normalized spacial score (nSPS) is 31.0. The summed E-state index contributed by atoms with van der Waals surface area (Å²) in [5.41, 5.74) is 0.287. The standard InChI is InChI=1S/C18H21NO5/c1-18(17(21)22)4-5-19(10-18)16(20)13-9-12(13)11-2-3-14-15(8-11)24-7-6-23-14/h2-3,8,12-13H,4-7,9-10H2,1H3,(H,21,22)/t12-,13+,18+/m1/s1. The highest BCUT2D eigenvalue weighted by molar-refractivity contribution is 5.85. The molecule has 2 fully saturated rings. The van der Waals surface area contributed by atoms with Crippen LogP contribution in [0.5, 0.6) is 11.5 Å². The number of carboxylic acids is 1. The van der Waals surface area contributed by atoms with Crippen molar-refractivity contribution in [3.05, 3.63) is 23.8 Å². The van der Waals surface area contributed by atoms with E-state index in [1.165, 1.54) is 0 Å². The molecular formula is C18H21NO5. The van der Waals surface area contributed by atoms with E-state index in [1.807, 2.05) is 18.2 Å². The molecule has 3 aliphatic rings. The van der Waals surface area contributed by atoms with Gasteiger partial charge in [0, 0.05) is 19.0 Å². The van der Waals surface area contributed by atoms with Crippen LogP contribution in [0.25, 0.3) is 0 Å². The minimum Gasteiger partial charge on any atom is -0.486 e. The predicted molar refractivity (Wildman–Crippen MR) is 85.2 cm³/mol. The quantitative estimate of drug-likeness (QED) is 0.915. The second-order valence-electron chi connectivity index (χ2n) is 7.23. The zero-order valence-corrected chi connectivity index (χ0v) is 13.7. The number of fused-ring (bicyclic) bond motifs is 1. The van der Waals surface area contributed by atoms with Crippen molar-refractivity contribution < 1.29 is 24.2 Å². The van der Waals surface area contributed by atoms with Gasteiger partial charge < -0.3 is 19.5 Å². The van der Waals surface area contributed by atoms with Gasteiger partial charge in [-0.2, -0.15) is 0 Å². The molecule has 0 bridgehead atoms. The highest BCUT2D eigenvalue weighted by atomic mass is 16.6. The van der Waals surface area contributed by atoms with Gasteiger partial charge in [-0.3, -0.25) is 9.59 Å². The predicted octanol–water partition coefficient (Wildman–Crippen LogP) is 1.88. The van der Waals surface area contributed by atoms with Crippen LogP contribution in [0.1, 0.15) is 31.2 Å². The fourth-order valence-electron chi connectivity index (χ4n) is 3.69. The summed E-state index contributed by atoms with van der Waals surface area (Å²) in [6.07, 6.45) is 1.34. The summed E-state index contributed by atoms with van der Waals surface area (Å²) < 4.78 is 11.1. The molecule has 1 aromatic rings. The largest absolute Gasteiger partial charge is 0.486 e. The fourth-order valence-corrected chi connectivity index (χ4v) is 3.69. The molecule has 6 heteroatoms. The van der Waals surface area contributed by atoms with Crippen molar-refractivity contribution in [1.82, 2.24) is 4.90 Å². The summed E-state index contributed by atoms with van der Waals surface area (Å²) in [7, 11) is 0. The number of hydrogen-bond donors (Lipinski definition) is 1. The second-order valence-corrected chi connectivity index (χ2v) is 7.23. The summed E-state index contributed by atoms with van der Waals surface area (Å²) in [5.74, 6) is 0.923. The number of hydrogen-bond acceptors (Lipinski definition) is 4. The van der Waals surface area contributed by atoms with Crippen molar-refractivity contribution in [2.24, 2.45) is 11.3 Å². The first-order valence-electron chi connectivity index (χ1n) is 8.40. The number of likely N-dealkylation sites (tertiary alicyclic amines) is 1. The average Bonchev–Trinajstić information content (AvgIpc) is 3.28. The van der Waals surface area contributed by atoms with Crippen LogP contribution < -0.4 is 9.47 Å². The van der Waals surface area contributed by atoms with Gasteiger partial charge in [-0.25, -0.2) is 0 Å². The van der Waals surface area contributed by atoms with E-state index in [1.54, 1.807) is 11.8 Å². The molecule has 1 N–H and O–H groups in total. The van der Waals surface area contributed by atoms with E-state index in [0.29, 0.717) is 32.7 Å². The molecule has 0 aromatic heterocycles. The number of carboxylic acid groups (broad SMARTS) is 1. The molecule has 1 amide bonds. The number of carbonyl (C=O) groups excluding carboxylic acids is 1. The Balaban J connectivity index is 1.43. The Morgan fingerprint density at radius 3 is 2.71 bits per heavy atom. The molecule has 1 saturated carbocycles. The van der Waals surface area contributed by atoms with Crippen molar-refractivity contribution in [2.75, 3.05) is 26.3 Å². The number of rotatable bonds is 3. The van der Waals surface area contributed by atoms with Crippen molar-refractivity contribution in [1.29, 1.82) is 0 Å². The first kappa shape index (κ1) is 15.3. The van der Waals surface area contributed by atoms with E-state index >= 15 is 0 Å². The molecule has 1 aromatic carbocycles. The third-order valence-electron chi connectivity index (χ3n) is 5.40. The summed E-state index contributed by atoms with van der Waals surface area (Å²) in [6.45, 7) is 3.67. The minimum absolute atomic E-state index is 0.0382. The van der Waals surface area contributed by atoms with Crippen LogP contribution in [0.3, 0.4) is 0 Å². The first-order valence-corrected chi connectivity index (χ1v) is 8.40. The topological polar surface area (TPSA) is 76.1 Å². The van der Waals surface area contributed by atoms with Crippen LogP contribution in [-0.4, -0.2) is 48.2 Å². The van der Waals surface area contributed by atoms with E-state index in [4.69, 9.17) is 9.47 Å². The Hall–Kier alpha value is -2.24. The third kappa shape index (κ3) is 2.50. The van der Waals surface area contributed by atoms with E-state index < -0.39 is 11.4 Å². The molecule has 0 spiro atoms. The number of ether oxygens (including phenoxy) is 2. The van der Waals surface area contributed by atoms with E-state index in [-0.39, 0.29) is 17.7 Å². The molecule has 4 rings (SSSR count). The van der Waals surface area contributed by atoms with E-state index in [2.05, 4.69) is 0 Å². The average molecular weight is 331 g/mol. The van der Waals surface area contributed by atoms with Gasteiger partial charge in [0.2, 0.25) is 5.91 Å². The zero-order valence-electron chi connectivity index (χ0n) is 13.7. The van der Waals surface area contributed by atoms with Gasteiger partial charge in [-0.1, -0.05) is 6.07 Å². The Kier molecular flexibility index (Phi) is 3.44. The number of aliphatic carboxylic acids is 1. The van der Waals surface area contributed by atoms with E-state index in [9.17, 15) is 14.7 Å². The number of carbonyl (C=O) groups is 2. The summed E-state index contributed by atoms with van der Waals surface area (Å²) in [6, 6.07) is 5.87. The number of benzene rings is 1. The van der Waals surface area contributed by atoms with Crippen LogP contribution >= 0.6 is 0 Å². The Morgan fingerprint density at radius 2 is 2.00 bits per heavy atom. The lowest BCUT2D eigenvalue weighted by Gasteiger charge is -2.20. The van der Waals surface area contributed by atoms with Crippen molar-refractivity contribution in [3.63, 3.8) is 0 Å². The van der Waals surface area contributed by atoms with Gasteiger partial charge in [0.1, 0.15) is 13.2 Å². The first-order chi connectivity index (χ1) is 11.5. The molecule has 1 saturated heterocycles. The maximum atomic E-state index is 12.7. The molecule has 6 nitrogen and oxygen atoms in total. The van der Waals surface area contributed by atoms with Crippen LogP contribution in [0.4, 0.5) is 0 Å². The summed E-state index contributed by atoms with van der Waals surface area (Å²) in [4.78, 5) is 25.7. The third-order valence-corrected chi connectivity index (χ3v) is 5.40.